The monoisotopic (exact) mass is 331 g/mol. The fraction of sp³-hybridized carbons (Fsp3) is 0.526. The topological polar surface area (TPSA) is 70.6 Å². The fourth-order valence-electron chi connectivity index (χ4n) is 2.27. The molecule has 0 aliphatic carbocycles. The highest BCUT2D eigenvalue weighted by atomic mass is 16.2. The van der Waals surface area contributed by atoms with Crippen LogP contribution >= 0.6 is 0 Å². The summed E-state index contributed by atoms with van der Waals surface area (Å²) in [5.74, 6) is -0.332. The van der Waals surface area contributed by atoms with Gasteiger partial charge in [0.15, 0.2) is 0 Å². The van der Waals surface area contributed by atoms with Gasteiger partial charge in [0.25, 0.3) is 5.91 Å². The molecule has 0 bridgehead atoms. The van der Waals surface area contributed by atoms with Crippen LogP contribution in [0.3, 0.4) is 0 Å². The molecule has 2 amide bonds. The third kappa shape index (κ3) is 9.08. The van der Waals surface area contributed by atoms with Crippen molar-refractivity contribution in [2.24, 2.45) is 5.10 Å². The van der Waals surface area contributed by atoms with E-state index in [1.165, 1.54) is 25.7 Å². The van der Waals surface area contributed by atoms with Gasteiger partial charge >= 0.3 is 0 Å². The summed E-state index contributed by atoms with van der Waals surface area (Å²) in [4.78, 5) is 23.6. The van der Waals surface area contributed by atoms with Gasteiger partial charge in [-0.25, -0.2) is 5.43 Å². The molecule has 1 aromatic carbocycles. The van der Waals surface area contributed by atoms with Crippen molar-refractivity contribution in [2.75, 3.05) is 6.54 Å². The molecule has 0 spiro atoms. The van der Waals surface area contributed by atoms with E-state index in [-0.39, 0.29) is 18.2 Å². The molecule has 0 aliphatic heterocycles. The number of rotatable bonds is 11. The third-order valence-electron chi connectivity index (χ3n) is 3.65. The lowest BCUT2D eigenvalue weighted by Gasteiger charge is -2.06. The molecule has 0 unspecified atom stereocenters. The van der Waals surface area contributed by atoms with E-state index in [9.17, 15) is 9.59 Å². The van der Waals surface area contributed by atoms with Crippen LogP contribution in [0, 0.1) is 0 Å². The summed E-state index contributed by atoms with van der Waals surface area (Å²) in [7, 11) is 0. The van der Waals surface area contributed by atoms with Gasteiger partial charge in [0, 0.05) is 17.8 Å². The van der Waals surface area contributed by atoms with Gasteiger partial charge in [0.2, 0.25) is 5.91 Å². The van der Waals surface area contributed by atoms with E-state index in [1.807, 2.05) is 6.07 Å². The Morgan fingerprint density at radius 2 is 1.67 bits per heavy atom. The van der Waals surface area contributed by atoms with E-state index >= 15 is 0 Å². The zero-order valence-corrected chi connectivity index (χ0v) is 14.8. The van der Waals surface area contributed by atoms with Gasteiger partial charge in [-0.05, 0) is 25.5 Å². The number of hydrogen-bond acceptors (Lipinski definition) is 3. The molecule has 1 aromatic rings. The Morgan fingerprint density at radius 3 is 2.38 bits per heavy atom. The summed E-state index contributed by atoms with van der Waals surface area (Å²) in [5.41, 5.74) is 3.60. The minimum absolute atomic E-state index is 0.0567. The van der Waals surface area contributed by atoms with E-state index in [1.54, 1.807) is 31.2 Å². The van der Waals surface area contributed by atoms with Crippen LogP contribution in [0.1, 0.15) is 69.2 Å². The minimum atomic E-state index is -0.276. The lowest BCUT2D eigenvalue weighted by atomic mass is 10.1. The summed E-state index contributed by atoms with van der Waals surface area (Å²) in [6.07, 6.45) is 7.40. The first-order valence-electron chi connectivity index (χ1n) is 8.78. The molecular weight excluding hydrogens is 302 g/mol. The molecule has 0 aromatic heterocycles. The minimum Gasteiger partial charge on any atom is -0.356 e. The molecule has 0 radical (unpaired) electrons. The largest absolute Gasteiger partial charge is 0.356 e. The fourth-order valence-corrected chi connectivity index (χ4v) is 2.27. The lowest BCUT2D eigenvalue weighted by Crippen LogP contribution is -2.27. The van der Waals surface area contributed by atoms with Crippen LogP contribution in [0.2, 0.25) is 0 Å². The molecule has 5 nitrogen and oxygen atoms in total. The van der Waals surface area contributed by atoms with Crippen molar-refractivity contribution < 1.29 is 9.59 Å². The third-order valence-corrected chi connectivity index (χ3v) is 3.65. The number of nitrogens with zero attached hydrogens (tertiary/aromatic N) is 1. The number of carbonyl (C=O) groups is 2. The predicted octanol–water partition coefficient (Wildman–Crippen LogP) is 3.66. The maximum Gasteiger partial charge on any atom is 0.271 e. The van der Waals surface area contributed by atoms with Crippen molar-refractivity contribution in [1.29, 1.82) is 0 Å². The number of hydrogen-bond donors (Lipinski definition) is 2. The Bertz CT molecular complexity index is 527. The van der Waals surface area contributed by atoms with E-state index in [4.69, 9.17) is 0 Å². The van der Waals surface area contributed by atoms with Crippen LogP contribution in [0.15, 0.2) is 35.4 Å². The van der Waals surface area contributed by atoms with Gasteiger partial charge in [-0.1, -0.05) is 57.2 Å². The quantitative estimate of drug-likeness (QED) is 0.369. The molecule has 2 N–H and O–H groups in total. The second-order valence-corrected chi connectivity index (χ2v) is 5.95. The Kier molecular flexibility index (Phi) is 10.2. The second-order valence-electron chi connectivity index (χ2n) is 5.95. The van der Waals surface area contributed by atoms with E-state index < -0.39 is 0 Å². The standard InChI is InChI=1S/C19H29N3O2/c1-3-4-5-6-7-11-14-20-18(23)15-16(2)21-22-19(24)17-12-9-8-10-13-17/h8-10,12-13H,3-7,11,14-15H2,1-2H3,(H,20,23)(H,22,24). The van der Waals surface area contributed by atoms with Crippen LogP contribution in [0.5, 0.6) is 0 Å². The average molecular weight is 331 g/mol. The van der Waals surface area contributed by atoms with Crippen molar-refractivity contribution >= 4 is 17.5 Å². The van der Waals surface area contributed by atoms with E-state index in [2.05, 4.69) is 22.8 Å². The summed E-state index contributed by atoms with van der Waals surface area (Å²) in [6, 6.07) is 8.86. The van der Waals surface area contributed by atoms with Gasteiger partial charge in [-0.15, -0.1) is 0 Å². The highest BCUT2D eigenvalue weighted by Gasteiger charge is 2.05. The molecule has 0 atom stereocenters. The van der Waals surface area contributed by atoms with Crippen LogP contribution in [0.25, 0.3) is 0 Å². The van der Waals surface area contributed by atoms with Crippen LogP contribution < -0.4 is 10.7 Å². The maximum absolute atomic E-state index is 11.8. The molecule has 0 heterocycles. The summed E-state index contributed by atoms with van der Waals surface area (Å²) < 4.78 is 0. The van der Waals surface area contributed by atoms with Crippen LogP contribution in [-0.4, -0.2) is 24.1 Å². The Morgan fingerprint density at radius 1 is 1.00 bits per heavy atom. The van der Waals surface area contributed by atoms with Crippen molar-refractivity contribution in [3.05, 3.63) is 35.9 Å². The molecule has 0 aliphatic rings. The first kappa shape index (κ1) is 19.9. The Balaban J connectivity index is 2.18. The number of nitrogens with one attached hydrogen (secondary N) is 2. The zero-order chi connectivity index (χ0) is 17.6. The van der Waals surface area contributed by atoms with Gasteiger partial charge in [0.1, 0.15) is 0 Å². The van der Waals surface area contributed by atoms with E-state index in [0.29, 0.717) is 17.8 Å². The smallest absolute Gasteiger partial charge is 0.271 e. The molecule has 1 rings (SSSR count). The second kappa shape index (κ2) is 12.3. The number of benzene rings is 1. The Hall–Kier alpha value is -2.17. The summed E-state index contributed by atoms with van der Waals surface area (Å²) in [5, 5.41) is 6.87. The molecule has 0 fully saturated rings. The number of hydrazone groups is 1. The molecular formula is C19H29N3O2. The average Bonchev–Trinajstić information content (AvgIpc) is 2.59. The molecule has 132 valence electrons. The molecule has 0 saturated heterocycles. The summed E-state index contributed by atoms with van der Waals surface area (Å²) in [6.45, 7) is 4.64. The zero-order valence-electron chi connectivity index (χ0n) is 14.8. The summed E-state index contributed by atoms with van der Waals surface area (Å²) >= 11 is 0. The van der Waals surface area contributed by atoms with Crippen molar-refractivity contribution in [3.8, 4) is 0 Å². The van der Waals surface area contributed by atoms with Gasteiger partial charge in [-0.2, -0.15) is 5.10 Å². The highest BCUT2D eigenvalue weighted by molar-refractivity contribution is 6.01. The van der Waals surface area contributed by atoms with E-state index in [0.717, 1.165) is 12.8 Å². The van der Waals surface area contributed by atoms with Gasteiger partial charge in [0.05, 0.1) is 6.42 Å². The first-order chi connectivity index (χ1) is 11.6. The highest BCUT2D eigenvalue weighted by Crippen LogP contribution is 2.04. The molecule has 0 saturated carbocycles. The van der Waals surface area contributed by atoms with Crippen LogP contribution in [0.4, 0.5) is 0 Å². The predicted molar refractivity (Wildman–Crippen MR) is 98.0 cm³/mol. The normalized spacial score (nSPS) is 11.2. The molecule has 24 heavy (non-hydrogen) atoms. The SMILES string of the molecule is CCCCCCCCNC(=O)CC(C)=NNC(=O)c1ccccc1. The van der Waals surface area contributed by atoms with Gasteiger partial charge < -0.3 is 5.32 Å². The lowest BCUT2D eigenvalue weighted by molar-refractivity contribution is -0.119. The number of unbranched alkanes of at least 4 members (excludes halogenated alkanes) is 5. The van der Waals surface area contributed by atoms with Gasteiger partial charge in [-0.3, -0.25) is 9.59 Å². The number of carbonyl (C=O) groups excluding carboxylic acids is 2. The number of amides is 2. The van der Waals surface area contributed by atoms with Crippen LogP contribution in [-0.2, 0) is 4.79 Å². The van der Waals surface area contributed by atoms with Crippen molar-refractivity contribution in [2.45, 2.75) is 58.8 Å². The van der Waals surface area contributed by atoms with Crippen molar-refractivity contribution in [3.63, 3.8) is 0 Å². The first-order valence-corrected chi connectivity index (χ1v) is 8.78. The molecule has 5 heteroatoms. The Labute approximate surface area is 144 Å². The van der Waals surface area contributed by atoms with Crippen molar-refractivity contribution in [1.82, 2.24) is 10.7 Å². The maximum atomic E-state index is 11.8.